The molecule has 1 saturated heterocycles. The minimum atomic E-state index is -1.99. The molecule has 1 aromatic carbocycles. The van der Waals surface area contributed by atoms with E-state index in [0.29, 0.717) is 11.1 Å². The minimum absolute atomic E-state index is 0.0180. The number of carbonyl (C=O) groups is 4. The molecule has 2 bridgehead atoms. The van der Waals surface area contributed by atoms with E-state index in [0.717, 1.165) is 0 Å². The van der Waals surface area contributed by atoms with E-state index in [-0.39, 0.29) is 43.0 Å². The topological polar surface area (TPSA) is 136 Å². The van der Waals surface area contributed by atoms with Gasteiger partial charge in [-0.2, -0.15) is 0 Å². The third-order valence-electron chi connectivity index (χ3n) is 9.78. The van der Waals surface area contributed by atoms with E-state index in [2.05, 4.69) is 0 Å². The highest BCUT2D eigenvalue weighted by molar-refractivity contribution is 6.00. The van der Waals surface area contributed by atoms with Crippen LogP contribution >= 0.6 is 0 Å². The molecule has 3 fully saturated rings. The number of Topliss-reactive ketones (excluding diaryl/α,β-unsaturated/α-hetero) is 2. The standard InChI is InChI=1S/C29H34O9/c1-15-18-11-20(32)27(5)21(33)12-22-28(14-36-22,38-16(2)30)23(27)24(29(35,13-19(15)31)26(18,3)4)37-25(34)17-9-7-6-8-10-17/h6-10,21-24,33,35H,11-14H2,1-5H3/t21-,22-,23+,24+,27-,28+,29-/m1/s1. The van der Waals surface area contributed by atoms with Gasteiger partial charge in [-0.05, 0) is 37.1 Å². The van der Waals surface area contributed by atoms with Gasteiger partial charge in [0.25, 0.3) is 0 Å². The first-order valence-electron chi connectivity index (χ1n) is 12.9. The quantitative estimate of drug-likeness (QED) is 0.569. The largest absolute Gasteiger partial charge is 0.455 e. The van der Waals surface area contributed by atoms with Crippen LogP contribution in [0.4, 0.5) is 0 Å². The lowest BCUT2D eigenvalue weighted by atomic mass is 9.45. The SMILES string of the molecule is CC(=O)O[C@@]12CO[C@@H]1C[C@@H](O)[C@@]1(C)C(=O)CC3=C(C)C(=O)C[C@@](O)([C@@H](OC(=O)c4ccccc4)[C@H]21)C3(C)C. The summed E-state index contributed by atoms with van der Waals surface area (Å²) in [4.78, 5) is 53.4. The Morgan fingerprint density at radius 3 is 2.34 bits per heavy atom. The van der Waals surface area contributed by atoms with Crippen molar-refractivity contribution >= 4 is 23.5 Å². The number of esters is 2. The highest BCUT2D eigenvalue weighted by atomic mass is 16.6. The maximum Gasteiger partial charge on any atom is 0.338 e. The molecule has 1 heterocycles. The van der Waals surface area contributed by atoms with E-state index in [1.165, 1.54) is 6.92 Å². The normalized spacial score (nSPS) is 39.7. The van der Waals surface area contributed by atoms with E-state index in [4.69, 9.17) is 14.2 Å². The van der Waals surface area contributed by atoms with Gasteiger partial charge in [-0.15, -0.1) is 0 Å². The Kier molecular flexibility index (Phi) is 6.02. The molecule has 3 aliphatic carbocycles. The van der Waals surface area contributed by atoms with Crippen molar-refractivity contribution < 1.29 is 43.6 Å². The first-order chi connectivity index (χ1) is 17.7. The average Bonchev–Trinajstić information content (AvgIpc) is 2.85. The van der Waals surface area contributed by atoms with Crippen LogP contribution in [0.25, 0.3) is 0 Å². The molecule has 9 nitrogen and oxygen atoms in total. The Bertz CT molecular complexity index is 1250. The van der Waals surface area contributed by atoms with Crippen molar-refractivity contribution in [2.24, 2.45) is 16.7 Å². The maximum absolute atomic E-state index is 14.2. The summed E-state index contributed by atoms with van der Waals surface area (Å²) in [6, 6.07) is 8.17. The van der Waals surface area contributed by atoms with E-state index in [1.54, 1.807) is 58.0 Å². The highest BCUT2D eigenvalue weighted by Gasteiger charge is 2.76. The Balaban J connectivity index is 1.79. The smallest absolute Gasteiger partial charge is 0.338 e. The predicted octanol–water partition coefficient (Wildman–Crippen LogP) is 2.32. The Labute approximate surface area is 221 Å². The molecule has 4 aliphatic rings. The van der Waals surface area contributed by atoms with Crippen molar-refractivity contribution in [1.29, 1.82) is 0 Å². The zero-order valence-corrected chi connectivity index (χ0v) is 22.3. The van der Waals surface area contributed by atoms with Crippen molar-refractivity contribution in [3.63, 3.8) is 0 Å². The van der Waals surface area contributed by atoms with Gasteiger partial charge in [-0.3, -0.25) is 14.4 Å². The van der Waals surface area contributed by atoms with Gasteiger partial charge in [0.15, 0.2) is 11.4 Å². The van der Waals surface area contributed by atoms with Gasteiger partial charge in [0, 0.05) is 31.6 Å². The zero-order valence-electron chi connectivity index (χ0n) is 22.3. The second-order valence-electron chi connectivity index (χ2n) is 11.9. The molecule has 0 aromatic heterocycles. The summed E-state index contributed by atoms with van der Waals surface area (Å²) in [5.41, 5.74) is -5.18. The molecular weight excluding hydrogens is 492 g/mol. The molecule has 38 heavy (non-hydrogen) atoms. The summed E-state index contributed by atoms with van der Waals surface area (Å²) >= 11 is 0. The fourth-order valence-corrected chi connectivity index (χ4v) is 7.30. The summed E-state index contributed by atoms with van der Waals surface area (Å²) in [7, 11) is 0. The molecule has 0 amide bonds. The molecular formula is C29H34O9. The van der Waals surface area contributed by atoms with Crippen LogP contribution in [0.3, 0.4) is 0 Å². The second-order valence-corrected chi connectivity index (χ2v) is 11.9. The number of hydrogen-bond donors (Lipinski definition) is 2. The third-order valence-corrected chi connectivity index (χ3v) is 9.78. The molecule has 1 aliphatic heterocycles. The third kappa shape index (κ3) is 3.41. The monoisotopic (exact) mass is 526 g/mol. The van der Waals surface area contributed by atoms with Crippen molar-refractivity contribution in [3.8, 4) is 0 Å². The molecule has 2 N–H and O–H groups in total. The first kappa shape index (κ1) is 26.7. The second kappa shape index (κ2) is 8.56. The van der Waals surface area contributed by atoms with Crippen LogP contribution in [0.1, 0.15) is 64.2 Å². The number of ether oxygens (including phenoxy) is 3. The van der Waals surface area contributed by atoms with Crippen LogP contribution in [0, 0.1) is 16.7 Å². The van der Waals surface area contributed by atoms with E-state index in [9.17, 15) is 29.4 Å². The lowest BCUT2D eigenvalue weighted by Gasteiger charge is -2.66. The lowest BCUT2D eigenvalue weighted by Crippen LogP contribution is -2.80. The number of hydrogen-bond acceptors (Lipinski definition) is 9. The Morgan fingerprint density at radius 1 is 1.11 bits per heavy atom. The minimum Gasteiger partial charge on any atom is -0.455 e. The summed E-state index contributed by atoms with van der Waals surface area (Å²) in [5, 5.41) is 24.0. The van der Waals surface area contributed by atoms with Gasteiger partial charge < -0.3 is 24.4 Å². The molecule has 204 valence electrons. The number of carbonyl (C=O) groups excluding carboxylic acids is 4. The first-order valence-corrected chi connectivity index (χ1v) is 12.9. The number of allylic oxidation sites excluding steroid dienone is 1. The van der Waals surface area contributed by atoms with Gasteiger partial charge in [0.1, 0.15) is 23.6 Å². The molecule has 0 spiro atoms. The van der Waals surface area contributed by atoms with Crippen LogP contribution in [0.2, 0.25) is 0 Å². The molecule has 5 rings (SSSR count). The van der Waals surface area contributed by atoms with Gasteiger partial charge in [-0.25, -0.2) is 4.79 Å². The van der Waals surface area contributed by atoms with E-state index >= 15 is 0 Å². The Morgan fingerprint density at radius 2 is 1.76 bits per heavy atom. The number of aliphatic hydroxyl groups is 2. The highest BCUT2D eigenvalue weighted by Crippen LogP contribution is 2.63. The molecule has 7 atom stereocenters. The molecule has 9 heteroatoms. The van der Waals surface area contributed by atoms with Crippen molar-refractivity contribution in [3.05, 3.63) is 47.0 Å². The van der Waals surface area contributed by atoms with Crippen LogP contribution in [-0.2, 0) is 28.6 Å². The summed E-state index contributed by atoms with van der Waals surface area (Å²) < 4.78 is 17.8. The molecule has 2 saturated carbocycles. The predicted molar refractivity (Wildman–Crippen MR) is 133 cm³/mol. The number of ketones is 2. The fraction of sp³-hybridized carbons (Fsp3) is 0.586. The zero-order chi connectivity index (χ0) is 27.8. The van der Waals surface area contributed by atoms with Crippen molar-refractivity contribution in [2.75, 3.05) is 6.61 Å². The molecule has 1 aromatic rings. The van der Waals surface area contributed by atoms with Gasteiger partial charge >= 0.3 is 11.9 Å². The average molecular weight is 527 g/mol. The number of fused-ring (bicyclic) bond motifs is 5. The van der Waals surface area contributed by atoms with Gasteiger partial charge in [-0.1, -0.05) is 32.0 Å². The molecule has 0 radical (unpaired) electrons. The van der Waals surface area contributed by atoms with Crippen LogP contribution < -0.4 is 0 Å². The summed E-state index contributed by atoms with van der Waals surface area (Å²) in [6.45, 7) is 7.78. The summed E-state index contributed by atoms with van der Waals surface area (Å²) in [5.74, 6) is -3.35. The van der Waals surface area contributed by atoms with Crippen LogP contribution in [0.5, 0.6) is 0 Å². The van der Waals surface area contributed by atoms with E-state index < -0.39 is 58.2 Å². The van der Waals surface area contributed by atoms with Gasteiger partial charge in [0.2, 0.25) is 0 Å². The maximum atomic E-state index is 14.2. The van der Waals surface area contributed by atoms with Crippen molar-refractivity contribution in [1.82, 2.24) is 0 Å². The lowest BCUT2D eigenvalue weighted by molar-refractivity contribution is -0.343. The van der Waals surface area contributed by atoms with Crippen LogP contribution in [0.15, 0.2) is 41.5 Å². The fourth-order valence-electron chi connectivity index (χ4n) is 7.30. The van der Waals surface area contributed by atoms with Gasteiger partial charge in [0.05, 0.1) is 29.6 Å². The Hall–Kier alpha value is -2.88. The number of benzene rings is 1. The number of rotatable bonds is 3. The van der Waals surface area contributed by atoms with E-state index in [1.807, 2.05) is 0 Å². The number of aliphatic hydroxyl groups excluding tert-OH is 1. The van der Waals surface area contributed by atoms with Crippen molar-refractivity contribution in [2.45, 2.75) is 83.4 Å². The summed E-state index contributed by atoms with van der Waals surface area (Å²) in [6.07, 6.45) is -4.07. The van der Waals surface area contributed by atoms with Crippen LogP contribution in [-0.4, -0.2) is 69.8 Å². The molecule has 0 unspecified atom stereocenters.